The van der Waals surface area contributed by atoms with Crippen LogP contribution in [0.5, 0.6) is 0 Å². The number of allylic oxidation sites excluding steroid dienone is 1. The van der Waals surface area contributed by atoms with Crippen molar-refractivity contribution in [2.24, 2.45) is 0 Å². The summed E-state index contributed by atoms with van der Waals surface area (Å²) in [5, 5.41) is 0. The molecule has 0 bridgehead atoms. The highest BCUT2D eigenvalue weighted by Gasteiger charge is 2.45. The quantitative estimate of drug-likeness (QED) is 0.653. The Morgan fingerprint density at radius 2 is 1.61 bits per heavy atom. The van der Waals surface area contributed by atoms with Crippen molar-refractivity contribution in [3.63, 3.8) is 0 Å². The number of nitrogens with zero attached hydrogens (tertiary/aromatic N) is 2. The van der Waals surface area contributed by atoms with Gasteiger partial charge < -0.3 is 9.80 Å². The van der Waals surface area contributed by atoms with Gasteiger partial charge in [0.25, 0.3) is 0 Å². The number of urea groups is 1. The maximum atomic E-state index is 12.6. The molecule has 104 valence electrons. The largest absolute Gasteiger partial charge is 0.321 e. The minimum atomic E-state index is -0.145. The molecule has 1 heterocycles. The zero-order chi connectivity index (χ0) is 14.3. The van der Waals surface area contributed by atoms with Gasteiger partial charge in [-0.1, -0.05) is 11.6 Å². The van der Waals surface area contributed by atoms with Crippen LogP contribution in [0.25, 0.3) is 0 Å². The Bertz CT molecular complexity index is 354. The molecule has 1 aliphatic heterocycles. The summed E-state index contributed by atoms with van der Waals surface area (Å²) in [6, 6.07) is 0.333. The first-order valence-electron chi connectivity index (χ1n) is 6.70. The van der Waals surface area contributed by atoms with Crippen molar-refractivity contribution in [3.8, 4) is 0 Å². The minimum Gasteiger partial charge on any atom is -0.317 e. The van der Waals surface area contributed by atoms with Crippen LogP contribution in [-0.2, 0) is 0 Å². The van der Waals surface area contributed by atoms with E-state index in [9.17, 15) is 4.79 Å². The fourth-order valence-electron chi connectivity index (χ4n) is 2.48. The van der Waals surface area contributed by atoms with Gasteiger partial charge in [0.1, 0.15) is 0 Å². The number of rotatable bonds is 1. The summed E-state index contributed by atoms with van der Waals surface area (Å²) in [5.74, 6) is 0. The molecule has 0 aromatic heterocycles. The molecule has 0 aromatic carbocycles. The van der Waals surface area contributed by atoms with Gasteiger partial charge in [-0.25, -0.2) is 4.79 Å². The Morgan fingerprint density at radius 1 is 1.11 bits per heavy atom. The average Bonchev–Trinajstić information content (AvgIpc) is 2.39. The van der Waals surface area contributed by atoms with E-state index in [2.05, 4.69) is 61.5 Å². The van der Waals surface area contributed by atoms with Gasteiger partial charge >= 0.3 is 6.03 Å². The lowest BCUT2D eigenvalue weighted by Crippen LogP contribution is -2.50. The van der Waals surface area contributed by atoms with Crippen LogP contribution in [0.4, 0.5) is 4.79 Å². The molecule has 0 aliphatic carbocycles. The molecule has 0 aromatic rings. The molecule has 1 fully saturated rings. The smallest absolute Gasteiger partial charge is 0.317 e. The Morgan fingerprint density at radius 3 is 1.94 bits per heavy atom. The monoisotopic (exact) mass is 252 g/mol. The van der Waals surface area contributed by atoms with Crippen LogP contribution in [-0.4, -0.2) is 39.5 Å². The summed E-state index contributed by atoms with van der Waals surface area (Å²) in [6.07, 6.45) is 2.20. The Kier molecular flexibility index (Phi) is 3.85. The van der Waals surface area contributed by atoms with E-state index < -0.39 is 0 Å². The first-order chi connectivity index (χ1) is 7.94. The third-order valence-corrected chi connectivity index (χ3v) is 3.20. The van der Waals surface area contributed by atoms with Crippen molar-refractivity contribution in [3.05, 3.63) is 11.6 Å². The van der Waals surface area contributed by atoms with E-state index in [-0.39, 0.29) is 23.2 Å². The van der Waals surface area contributed by atoms with Crippen LogP contribution in [0.1, 0.15) is 55.4 Å². The van der Waals surface area contributed by atoms with Crippen LogP contribution in [0.3, 0.4) is 0 Å². The molecule has 1 unspecified atom stereocenters. The number of carbonyl (C=O) groups is 1. The average molecular weight is 252 g/mol. The Labute approximate surface area is 112 Å². The highest BCUT2D eigenvalue weighted by atomic mass is 16.2. The van der Waals surface area contributed by atoms with Crippen molar-refractivity contribution >= 4 is 6.03 Å². The fraction of sp³-hybridized carbons (Fsp3) is 0.800. The van der Waals surface area contributed by atoms with Crippen LogP contribution in [0.2, 0.25) is 0 Å². The molecule has 1 atom stereocenters. The predicted octanol–water partition coefficient (Wildman–Crippen LogP) is 3.66. The Hall–Kier alpha value is -0.990. The zero-order valence-electron chi connectivity index (χ0n) is 13.2. The summed E-state index contributed by atoms with van der Waals surface area (Å²) < 4.78 is 0. The highest BCUT2D eigenvalue weighted by Crippen LogP contribution is 2.31. The van der Waals surface area contributed by atoms with Crippen molar-refractivity contribution in [2.75, 3.05) is 6.54 Å². The van der Waals surface area contributed by atoms with Crippen molar-refractivity contribution in [2.45, 2.75) is 72.5 Å². The molecule has 0 spiro atoms. The molecule has 0 radical (unpaired) electrons. The van der Waals surface area contributed by atoms with Crippen molar-refractivity contribution in [1.29, 1.82) is 0 Å². The van der Waals surface area contributed by atoms with Crippen molar-refractivity contribution in [1.82, 2.24) is 9.80 Å². The molecule has 18 heavy (non-hydrogen) atoms. The molecule has 2 amide bonds. The third-order valence-electron chi connectivity index (χ3n) is 3.20. The van der Waals surface area contributed by atoms with Gasteiger partial charge in [-0.3, -0.25) is 0 Å². The number of hydrogen-bond acceptors (Lipinski definition) is 1. The summed E-state index contributed by atoms with van der Waals surface area (Å²) in [6.45, 7) is 17.5. The van der Waals surface area contributed by atoms with Crippen LogP contribution in [0.15, 0.2) is 11.6 Å². The fourth-order valence-corrected chi connectivity index (χ4v) is 2.48. The first-order valence-corrected chi connectivity index (χ1v) is 6.70. The predicted molar refractivity (Wildman–Crippen MR) is 76.7 cm³/mol. The number of hydrogen-bond donors (Lipinski definition) is 0. The minimum absolute atomic E-state index is 0.120. The van der Waals surface area contributed by atoms with E-state index in [1.807, 2.05) is 9.80 Å². The first kappa shape index (κ1) is 15.1. The van der Waals surface area contributed by atoms with Gasteiger partial charge in [-0.05, 0) is 55.4 Å². The maximum absolute atomic E-state index is 12.6. The lowest BCUT2D eigenvalue weighted by atomic mass is 10.0. The lowest BCUT2D eigenvalue weighted by Gasteiger charge is -2.36. The van der Waals surface area contributed by atoms with E-state index in [1.54, 1.807) is 0 Å². The maximum Gasteiger partial charge on any atom is 0.321 e. The summed E-state index contributed by atoms with van der Waals surface area (Å²) >= 11 is 0. The van der Waals surface area contributed by atoms with E-state index in [0.717, 1.165) is 6.54 Å². The van der Waals surface area contributed by atoms with Gasteiger partial charge in [-0.2, -0.15) is 0 Å². The molecule has 1 aliphatic rings. The van der Waals surface area contributed by atoms with Crippen LogP contribution >= 0.6 is 0 Å². The van der Waals surface area contributed by atoms with Gasteiger partial charge in [0.05, 0.1) is 6.04 Å². The summed E-state index contributed by atoms with van der Waals surface area (Å²) in [5.41, 5.74) is 0.997. The molecule has 0 saturated carbocycles. The number of amides is 2. The third kappa shape index (κ3) is 3.06. The van der Waals surface area contributed by atoms with E-state index >= 15 is 0 Å². The molecule has 3 heteroatoms. The van der Waals surface area contributed by atoms with Gasteiger partial charge in [0.2, 0.25) is 0 Å². The SMILES string of the molecule is CC(C)=CC1CN(C(C)(C)C)C(=O)N1C(C)(C)C. The molecule has 1 saturated heterocycles. The zero-order valence-corrected chi connectivity index (χ0v) is 13.2. The van der Waals surface area contributed by atoms with Crippen LogP contribution in [0, 0.1) is 0 Å². The molecular weight excluding hydrogens is 224 g/mol. The van der Waals surface area contributed by atoms with Gasteiger partial charge in [0, 0.05) is 17.6 Å². The second-order valence-corrected chi connectivity index (χ2v) is 7.42. The molecule has 3 nitrogen and oxygen atoms in total. The van der Waals surface area contributed by atoms with Gasteiger partial charge in [0.15, 0.2) is 0 Å². The normalized spacial score (nSPS) is 21.6. The highest BCUT2D eigenvalue weighted by molar-refractivity contribution is 5.79. The van der Waals surface area contributed by atoms with Gasteiger partial charge in [-0.15, -0.1) is 0 Å². The van der Waals surface area contributed by atoms with E-state index in [0.29, 0.717) is 0 Å². The molecule has 1 rings (SSSR count). The van der Waals surface area contributed by atoms with E-state index in [1.165, 1.54) is 5.57 Å². The summed E-state index contributed by atoms with van der Waals surface area (Å²) in [7, 11) is 0. The topological polar surface area (TPSA) is 23.6 Å². The van der Waals surface area contributed by atoms with Crippen molar-refractivity contribution < 1.29 is 4.79 Å². The number of carbonyl (C=O) groups excluding carboxylic acids is 1. The Balaban J connectivity index is 3.12. The molecule has 0 N–H and O–H groups in total. The van der Waals surface area contributed by atoms with E-state index in [4.69, 9.17) is 0 Å². The lowest BCUT2D eigenvalue weighted by molar-refractivity contribution is 0.128. The van der Waals surface area contributed by atoms with Crippen LogP contribution < -0.4 is 0 Å². The second kappa shape index (κ2) is 4.60. The standard InChI is InChI=1S/C15H28N2O/c1-11(2)9-12-10-16(14(3,4)5)13(18)17(12)15(6,7)8/h9,12H,10H2,1-8H3. The molecular formula is C15H28N2O. The summed E-state index contributed by atoms with van der Waals surface area (Å²) in [4.78, 5) is 16.6. The second-order valence-electron chi connectivity index (χ2n) is 7.42.